The third-order valence-corrected chi connectivity index (χ3v) is 4.93. The van der Waals surface area contributed by atoms with Crippen LogP contribution in [0.1, 0.15) is 35.1 Å². The Hall–Kier alpha value is -3.07. The summed E-state index contributed by atoms with van der Waals surface area (Å²) in [6.45, 7) is 7.37. The lowest BCUT2D eigenvalue weighted by Gasteiger charge is -2.09. The molecule has 0 spiro atoms. The highest BCUT2D eigenvalue weighted by Crippen LogP contribution is 2.33. The van der Waals surface area contributed by atoms with Gasteiger partial charge in [0.05, 0.1) is 0 Å². The van der Waals surface area contributed by atoms with Crippen LogP contribution in [0.3, 0.4) is 0 Å². The van der Waals surface area contributed by atoms with Crippen LogP contribution in [0, 0.1) is 5.82 Å². The summed E-state index contributed by atoms with van der Waals surface area (Å²) in [5.74, 6) is -3.02. The topological polar surface area (TPSA) is 0 Å². The first-order valence-corrected chi connectivity index (χ1v) is 9.63. The van der Waals surface area contributed by atoms with Crippen LogP contribution in [-0.2, 0) is 12.8 Å². The molecule has 3 rings (SSSR count). The maximum Gasteiger partial charge on any atom is 0.169 e. The molecule has 0 aliphatic carbocycles. The molecule has 148 valence electrons. The molecular formula is C26H23F3. The highest BCUT2D eigenvalue weighted by atomic mass is 19.2. The van der Waals surface area contributed by atoms with Crippen LogP contribution in [0.2, 0.25) is 0 Å². The number of fused-ring (bicyclic) bond motifs is 1. The van der Waals surface area contributed by atoms with Crippen molar-refractivity contribution in [2.45, 2.75) is 25.7 Å². The highest BCUT2D eigenvalue weighted by Gasteiger charge is 2.17. The molecule has 0 aliphatic heterocycles. The number of hydrogen-bond donors (Lipinski definition) is 0. The van der Waals surface area contributed by atoms with Crippen molar-refractivity contribution in [2.75, 3.05) is 0 Å². The predicted octanol–water partition coefficient (Wildman–Crippen LogP) is 7.98. The van der Waals surface area contributed by atoms with Gasteiger partial charge in [-0.2, -0.15) is 0 Å². The first kappa shape index (κ1) is 20.7. The van der Waals surface area contributed by atoms with Crippen LogP contribution in [0.4, 0.5) is 13.2 Å². The number of allylic oxidation sites excluding steroid dienone is 2. The number of hydrogen-bond acceptors (Lipinski definition) is 0. The van der Waals surface area contributed by atoms with E-state index in [1.54, 1.807) is 36.4 Å². The second-order valence-corrected chi connectivity index (χ2v) is 6.96. The number of aryl methyl sites for hydroxylation is 2. The predicted molar refractivity (Wildman–Crippen MR) is 116 cm³/mol. The molecule has 0 saturated carbocycles. The molecular weight excluding hydrogens is 369 g/mol. The van der Waals surface area contributed by atoms with Crippen LogP contribution in [0.5, 0.6) is 0 Å². The fourth-order valence-electron chi connectivity index (χ4n) is 3.27. The summed E-state index contributed by atoms with van der Waals surface area (Å²) in [6, 6.07) is 14.7. The third-order valence-electron chi connectivity index (χ3n) is 4.93. The normalized spacial score (nSPS) is 12.0. The van der Waals surface area contributed by atoms with E-state index in [0.29, 0.717) is 5.39 Å². The molecule has 0 aliphatic rings. The monoisotopic (exact) mass is 392 g/mol. The van der Waals surface area contributed by atoms with E-state index in [-0.39, 0.29) is 16.5 Å². The van der Waals surface area contributed by atoms with E-state index in [1.165, 1.54) is 18.2 Å². The molecule has 0 unspecified atom stereocenters. The highest BCUT2D eigenvalue weighted by molar-refractivity contribution is 5.91. The first-order valence-electron chi connectivity index (χ1n) is 9.63. The third kappa shape index (κ3) is 4.68. The molecule has 0 amide bonds. The van der Waals surface area contributed by atoms with Crippen molar-refractivity contribution >= 4 is 22.4 Å². The number of rotatable bonds is 8. The molecule has 29 heavy (non-hydrogen) atoms. The summed E-state index contributed by atoms with van der Waals surface area (Å²) in [5, 5.41) is 0.931. The molecule has 0 fully saturated rings. The Balaban J connectivity index is 1.94. The van der Waals surface area contributed by atoms with E-state index in [4.69, 9.17) is 0 Å². The lowest BCUT2D eigenvalue weighted by Crippen LogP contribution is -1.93. The van der Waals surface area contributed by atoms with Gasteiger partial charge in [-0.25, -0.2) is 13.2 Å². The van der Waals surface area contributed by atoms with Gasteiger partial charge in [0.2, 0.25) is 0 Å². The smallest absolute Gasteiger partial charge is 0.169 e. The second-order valence-electron chi connectivity index (χ2n) is 6.96. The van der Waals surface area contributed by atoms with Gasteiger partial charge in [0.25, 0.3) is 0 Å². The summed E-state index contributed by atoms with van der Waals surface area (Å²) < 4.78 is 44.4. The zero-order valence-electron chi connectivity index (χ0n) is 16.2. The molecule has 0 N–H and O–H groups in total. The Bertz CT molecular complexity index is 1060. The van der Waals surface area contributed by atoms with Gasteiger partial charge in [0, 0.05) is 16.5 Å². The molecule has 0 saturated heterocycles. The Morgan fingerprint density at radius 2 is 1.38 bits per heavy atom. The maximum absolute atomic E-state index is 14.9. The van der Waals surface area contributed by atoms with Crippen molar-refractivity contribution in [1.82, 2.24) is 0 Å². The molecule has 0 aromatic heterocycles. The molecule has 0 atom stereocenters. The molecule has 0 bridgehead atoms. The second kappa shape index (κ2) is 9.42. The molecule has 0 nitrogen and oxygen atoms in total. The fraction of sp³-hybridized carbons (Fsp3) is 0.154. The number of benzene rings is 3. The summed E-state index contributed by atoms with van der Waals surface area (Å²) in [6.07, 6.45) is 6.84. The summed E-state index contributed by atoms with van der Waals surface area (Å²) in [7, 11) is 0. The Kier molecular flexibility index (Phi) is 6.71. The number of halogens is 3. The molecule has 3 heteroatoms. The first-order chi connectivity index (χ1) is 14.0. The van der Waals surface area contributed by atoms with Gasteiger partial charge in [-0.3, -0.25) is 0 Å². The van der Waals surface area contributed by atoms with Crippen molar-refractivity contribution in [1.29, 1.82) is 0 Å². The van der Waals surface area contributed by atoms with Gasteiger partial charge in [-0.15, -0.1) is 13.2 Å². The molecule has 3 aromatic carbocycles. The molecule has 0 radical (unpaired) electrons. The van der Waals surface area contributed by atoms with Crippen molar-refractivity contribution in [3.05, 3.63) is 108 Å². The Morgan fingerprint density at radius 1 is 0.759 bits per heavy atom. The van der Waals surface area contributed by atoms with Crippen LogP contribution in [0.15, 0.2) is 79.9 Å². The van der Waals surface area contributed by atoms with E-state index >= 15 is 0 Å². The quantitative estimate of drug-likeness (QED) is 0.269. The van der Waals surface area contributed by atoms with E-state index in [1.807, 2.05) is 12.1 Å². The maximum atomic E-state index is 14.9. The van der Waals surface area contributed by atoms with Crippen molar-refractivity contribution in [3.63, 3.8) is 0 Å². The minimum absolute atomic E-state index is 0.0872. The standard InChI is InChI=1S/C26H23F3/c1-3-5-7-18-9-12-20(13-10-18)24(27)26(29)23-16-14-21-17-19(8-6-4-2)11-15-22(21)25(23)28/h3-4,9-17H,1-2,5-8H2. The van der Waals surface area contributed by atoms with E-state index in [9.17, 15) is 13.2 Å². The SMILES string of the molecule is C=CCCc1ccc(C(F)=C(F)c2ccc3cc(CCC=C)ccc3c2F)cc1. The van der Waals surface area contributed by atoms with E-state index in [0.717, 1.165) is 36.8 Å². The van der Waals surface area contributed by atoms with Gasteiger partial charge in [0.15, 0.2) is 11.7 Å². The largest absolute Gasteiger partial charge is 0.206 e. The average Bonchev–Trinajstić information content (AvgIpc) is 2.76. The lowest BCUT2D eigenvalue weighted by atomic mass is 10.00. The average molecular weight is 392 g/mol. The van der Waals surface area contributed by atoms with Gasteiger partial charge < -0.3 is 0 Å². The zero-order valence-corrected chi connectivity index (χ0v) is 16.2. The van der Waals surface area contributed by atoms with Crippen molar-refractivity contribution in [2.24, 2.45) is 0 Å². The summed E-state index contributed by atoms with van der Waals surface area (Å²) >= 11 is 0. The molecule has 3 aromatic rings. The van der Waals surface area contributed by atoms with Gasteiger partial charge in [-0.05, 0) is 48.3 Å². The van der Waals surface area contributed by atoms with Crippen molar-refractivity contribution < 1.29 is 13.2 Å². The van der Waals surface area contributed by atoms with Crippen LogP contribution in [-0.4, -0.2) is 0 Å². The van der Waals surface area contributed by atoms with Crippen LogP contribution < -0.4 is 0 Å². The Labute approximate surface area is 169 Å². The molecule has 0 heterocycles. The van der Waals surface area contributed by atoms with E-state index in [2.05, 4.69) is 13.2 Å². The van der Waals surface area contributed by atoms with Crippen LogP contribution >= 0.6 is 0 Å². The fourth-order valence-corrected chi connectivity index (χ4v) is 3.27. The van der Waals surface area contributed by atoms with Gasteiger partial charge >= 0.3 is 0 Å². The minimum atomic E-state index is -1.20. The van der Waals surface area contributed by atoms with Gasteiger partial charge in [0.1, 0.15) is 5.82 Å². The zero-order chi connectivity index (χ0) is 20.8. The Morgan fingerprint density at radius 3 is 2.03 bits per heavy atom. The lowest BCUT2D eigenvalue weighted by molar-refractivity contribution is 0.622. The van der Waals surface area contributed by atoms with E-state index < -0.39 is 17.5 Å². The van der Waals surface area contributed by atoms with Gasteiger partial charge in [-0.1, -0.05) is 60.7 Å². The van der Waals surface area contributed by atoms with Crippen molar-refractivity contribution in [3.8, 4) is 0 Å². The minimum Gasteiger partial charge on any atom is -0.206 e. The van der Waals surface area contributed by atoms with Crippen LogP contribution in [0.25, 0.3) is 22.4 Å². The summed E-state index contributed by atoms with van der Waals surface area (Å²) in [4.78, 5) is 0. The summed E-state index contributed by atoms with van der Waals surface area (Å²) in [5.41, 5.74) is 1.77.